The average molecular weight is 297 g/mol. The molecule has 2 aromatic rings. The molecule has 0 N–H and O–H groups in total. The van der Waals surface area contributed by atoms with Gasteiger partial charge in [0.15, 0.2) is 0 Å². The minimum absolute atomic E-state index is 0.526. The molecule has 0 aliphatic heterocycles. The number of ether oxygens (including phenoxy) is 2. The SMILES string of the molecule is COC(=O)c1nc(-c2c(F)cccc2F)oc1C(=O)OC. The molecule has 0 aliphatic carbocycles. The lowest BCUT2D eigenvalue weighted by Crippen LogP contribution is -2.10. The first kappa shape index (κ1) is 14.6. The van der Waals surface area contributed by atoms with Crippen molar-refractivity contribution in [2.24, 2.45) is 0 Å². The van der Waals surface area contributed by atoms with Crippen LogP contribution in [0.15, 0.2) is 22.6 Å². The van der Waals surface area contributed by atoms with Crippen LogP contribution in [-0.4, -0.2) is 31.1 Å². The molecule has 0 bridgehead atoms. The second-order valence-electron chi connectivity index (χ2n) is 3.78. The Kier molecular flexibility index (Phi) is 3.97. The number of halogens is 2. The van der Waals surface area contributed by atoms with E-state index < -0.39 is 46.5 Å². The molecule has 0 spiro atoms. The highest BCUT2D eigenvalue weighted by Crippen LogP contribution is 2.28. The average Bonchev–Trinajstić information content (AvgIpc) is 2.90. The Morgan fingerprint density at radius 3 is 2.19 bits per heavy atom. The van der Waals surface area contributed by atoms with E-state index in [9.17, 15) is 18.4 Å². The number of hydrogen-bond donors (Lipinski definition) is 0. The lowest BCUT2D eigenvalue weighted by molar-refractivity contribution is 0.0527. The molecule has 0 saturated heterocycles. The van der Waals surface area contributed by atoms with Gasteiger partial charge in [-0.25, -0.2) is 23.4 Å². The molecule has 21 heavy (non-hydrogen) atoms. The number of nitrogens with zero attached hydrogens (tertiary/aromatic N) is 1. The van der Waals surface area contributed by atoms with Gasteiger partial charge in [0.2, 0.25) is 17.3 Å². The van der Waals surface area contributed by atoms with E-state index in [1.54, 1.807) is 0 Å². The summed E-state index contributed by atoms with van der Waals surface area (Å²) in [6.07, 6.45) is 0. The van der Waals surface area contributed by atoms with Gasteiger partial charge in [0.25, 0.3) is 0 Å². The third-order valence-electron chi connectivity index (χ3n) is 2.55. The lowest BCUT2D eigenvalue weighted by Gasteiger charge is -1.99. The molecule has 1 aromatic heterocycles. The van der Waals surface area contributed by atoms with Crippen LogP contribution in [0.25, 0.3) is 11.5 Å². The van der Waals surface area contributed by atoms with Crippen LogP contribution in [0, 0.1) is 11.6 Å². The Morgan fingerprint density at radius 1 is 1.10 bits per heavy atom. The molecular formula is C13H9F2NO5. The zero-order chi connectivity index (χ0) is 15.6. The number of benzene rings is 1. The Labute approximate surface area is 117 Å². The molecule has 1 heterocycles. The quantitative estimate of drug-likeness (QED) is 0.808. The van der Waals surface area contributed by atoms with Gasteiger partial charge in [0.1, 0.15) is 17.2 Å². The molecule has 0 aliphatic rings. The highest BCUT2D eigenvalue weighted by atomic mass is 19.1. The summed E-state index contributed by atoms with van der Waals surface area (Å²) in [5.41, 5.74) is -1.13. The van der Waals surface area contributed by atoms with Crippen LogP contribution >= 0.6 is 0 Å². The topological polar surface area (TPSA) is 78.6 Å². The highest BCUT2D eigenvalue weighted by molar-refractivity contribution is 6.00. The smallest absolute Gasteiger partial charge is 0.376 e. The standard InChI is InChI=1S/C13H9F2NO5/c1-19-12(17)9-10(13(18)20-2)21-11(16-9)8-6(14)4-3-5-7(8)15/h3-5H,1-2H3. The van der Waals surface area contributed by atoms with Gasteiger partial charge < -0.3 is 13.9 Å². The Hall–Kier alpha value is -2.77. The van der Waals surface area contributed by atoms with E-state index in [-0.39, 0.29) is 0 Å². The van der Waals surface area contributed by atoms with E-state index >= 15 is 0 Å². The number of carbonyl (C=O) groups excluding carboxylic acids is 2. The van der Waals surface area contributed by atoms with Crippen LogP contribution in [0.3, 0.4) is 0 Å². The largest absolute Gasteiger partial charge is 0.464 e. The molecule has 0 atom stereocenters. The number of esters is 2. The molecular weight excluding hydrogens is 288 g/mol. The van der Waals surface area contributed by atoms with Crippen LogP contribution < -0.4 is 0 Å². The van der Waals surface area contributed by atoms with Crippen LogP contribution in [0.1, 0.15) is 21.0 Å². The van der Waals surface area contributed by atoms with E-state index in [2.05, 4.69) is 14.5 Å². The summed E-state index contributed by atoms with van der Waals surface area (Å²) < 4.78 is 41.2. The maximum Gasteiger partial charge on any atom is 0.376 e. The van der Waals surface area contributed by atoms with E-state index in [4.69, 9.17) is 4.42 Å². The van der Waals surface area contributed by atoms with E-state index in [0.29, 0.717) is 0 Å². The fourth-order valence-electron chi connectivity index (χ4n) is 1.60. The molecule has 110 valence electrons. The van der Waals surface area contributed by atoms with Gasteiger partial charge in [-0.05, 0) is 12.1 Å². The fraction of sp³-hybridized carbons (Fsp3) is 0.154. The summed E-state index contributed by atoms with van der Waals surface area (Å²) in [5, 5.41) is 0. The molecule has 8 heteroatoms. The monoisotopic (exact) mass is 297 g/mol. The minimum atomic E-state index is -1.02. The van der Waals surface area contributed by atoms with Crippen molar-refractivity contribution in [1.82, 2.24) is 4.98 Å². The number of carbonyl (C=O) groups is 2. The van der Waals surface area contributed by atoms with Crippen molar-refractivity contribution >= 4 is 11.9 Å². The normalized spacial score (nSPS) is 10.3. The van der Waals surface area contributed by atoms with Crippen LogP contribution in [-0.2, 0) is 9.47 Å². The van der Waals surface area contributed by atoms with Crippen molar-refractivity contribution < 1.29 is 32.3 Å². The van der Waals surface area contributed by atoms with Gasteiger partial charge in [0, 0.05) is 0 Å². The van der Waals surface area contributed by atoms with E-state index in [1.807, 2.05) is 0 Å². The second-order valence-corrected chi connectivity index (χ2v) is 3.78. The summed E-state index contributed by atoms with van der Waals surface area (Å²) in [6.45, 7) is 0. The first-order chi connectivity index (χ1) is 9.99. The summed E-state index contributed by atoms with van der Waals surface area (Å²) in [7, 11) is 2.11. The maximum atomic E-state index is 13.7. The molecule has 0 unspecified atom stereocenters. The van der Waals surface area contributed by atoms with Crippen molar-refractivity contribution in [3.63, 3.8) is 0 Å². The third kappa shape index (κ3) is 2.60. The number of hydrogen-bond acceptors (Lipinski definition) is 6. The van der Waals surface area contributed by atoms with Gasteiger partial charge in [-0.2, -0.15) is 0 Å². The van der Waals surface area contributed by atoms with Crippen molar-refractivity contribution in [3.05, 3.63) is 41.3 Å². The predicted molar refractivity (Wildman–Crippen MR) is 64.5 cm³/mol. The zero-order valence-electron chi connectivity index (χ0n) is 11.0. The summed E-state index contributed by atoms with van der Waals surface area (Å²) in [5.74, 6) is -5.09. The van der Waals surface area contributed by atoms with Gasteiger partial charge >= 0.3 is 11.9 Å². The van der Waals surface area contributed by atoms with Gasteiger partial charge in [0.05, 0.1) is 14.2 Å². The van der Waals surface area contributed by atoms with Crippen LogP contribution in [0.2, 0.25) is 0 Å². The maximum absolute atomic E-state index is 13.7. The van der Waals surface area contributed by atoms with Crippen molar-refractivity contribution in [2.75, 3.05) is 14.2 Å². The van der Waals surface area contributed by atoms with Crippen LogP contribution in [0.5, 0.6) is 0 Å². The second kappa shape index (κ2) is 5.70. The van der Waals surface area contributed by atoms with Crippen molar-refractivity contribution in [1.29, 1.82) is 0 Å². The van der Waals surface area contributed by atoms with Crippen LogP contribution in [0.4, 0.5) is 8.78 Å². The Morgan fingerprint density at radius 2 is 1.67 bits per heavy atom. The number of oxazole rings is 1. The minimum Gasteiger partial charge on any atom is -0.464 e. The Bertz CT molecular complexity index is 657. The molecule has 0 fully saturated rings. The van der Waals surface area contributed by atoms with Gasteiger partial charge in [-0.15, -0.1) is 0 Å². The molecule has 6 nitrogen and oxygen atoms in total. The van der Waals surface area contributed by atoms with E-state index in [0.717, 1.165) is 32.4 Å². The summed E-state index contributed by atoms with van der Waals surface area (Å²) in [4.78, 5) is 26.7. The number of methoxy groups -OCH3 is 2. The first-order valence-corrected chi connectivity index (χ1v) is 5.61. The highest BCUT2D eigenvalue weighted by Gasteiger charge is 2.29. The third-order valence-corrected chi connectivity index (χ3v) is 2.55. The molecule has 2 rings (SSSR count). The lowest BCUT2D eigenvalue weighted by atomic mass is 10.2. The molecule has 0 saturated carbocycles. The zero-order valence-corrected chi connectivity index (χ0v) is 11.0. The van der Waals surface area contributed by atoms with E-state index in [1.165, 1.54) is 0 Å². The summed E-state index contributed by atoms with van der Waals surface area (Å²) >= 11 is 0. The molecule has 0 amide bonds. The number of aromatic nitrogens is 1. The Balaban J connectivity index is 2.64. The van der Waals surface area contributed by atoms with Crippen molar-refractivity contribution in [3.8, 4) is 11.5 Å². The molecule has 0 radical (unpaired) electrons. The number of rotatable bonds is 3. The molecule has 1 aromatic carbocycles. The van der Waals surface area contributed by atoms with Gasteiger partial charge in [-0.3, -0.25) is 0 Å². The predicted octanol–water partition coefficient (Wildman–Crippen LogP) is 2.19. The fourth-order valence-corrected chi connectivity index (χ4v) is 1.60. The first-order valence-electron chi connectivity index (χ1n) is 5.61. The van der Waals surface area contributed by atoms with Crippen molar-refractivity contribution in [2.45, 2.75) is 0 Å². The van der Waals surface area contributed by atoms with Gasteiger partial charge in [-0.1, -0.05) is 6.07 Å². The summed E-state index contributed by atoms with van der Waals surface area (Å²) in [6, 6.07) is 3.12.